The third kappa shape index (κ3) is 4.39. The molecule has 2 N–H and O–H groups in total. The summed E-state index contributed by atoms with van der Waals surface area (Å²) in [6, 6.07) is 8.39. The number of likely N-dealkylation sites (tertiary alicyclic amines) is 1. The molecule has 0 bridgehead atoms. The molecule has 28 heavy (non-hydrogen) atoms. The van der Waals surface area contributed by atoms with E-state index in [1.807, 2.05) is 31.2 Å². The molecule has 1 aromatic heterocycles. The molecule has 2 amide bonds. The summed E-state index contributed by atoms with van der Waals surface area (Å²) in [6.07, 6.45) is 4.35. The number of carboxylic acids is 1. The minimum Gasteiger partial charge on any atom is -0.476 e. The Balaban J connectivity index is 1.63. The van der Waals surface area contributed by atoms with Gasteiger partial charge in [-0.2, -0.15) is 5.10 Å². The quantitative estimate of drug-likeness (QED) is 0.759. The molecule has 0 spiro atoms. The molecule has 0 aliphatic carbocycles. The van der Waals surface area contributed by atoms with Gasteiger partial charge in [-0.1, -0.05) is 19.1 Å². The monoisotopic (exact) mass is 384 g/mol. The molecule has 1 aliphatic heterocycles. The standard InChI is InChI=1S/C20H24N4O4/c1-2-5-18(25)23-10-4-8-17(23)19(26)21-13-14-6-3-7-15(12-14)24-11-9-16(22-24)20(27)28/h3,6-7,9,11-12,17H,2,4-5,8,10,13H2,1H3,(H,21,26)(H,27,28). The van der Waals surface area contributed by atoms with Crippen LogP contribution in [-0.2, 0) is 16.1 Å². The van der Waals surface area contributed by atoms with Gasteiger partial charge in [0.15, 0.2) is 5.69 Å². The van der Waals surface area contributed by atoms with Crippen molar-refractivity contribution < 1.29 is 19.5 Å². The van der Waals surface area contributed by atoms with E-state index in [2.05, 4.69) is 10.4 Å². The zero-order valence-corrected chi connectivity index (χ0v) is 15.8. The molecular weight excluding hydrogens is 360 g/mol. The first-order valence-corrected chi connectivity index (χ1v) is 9.45. The smallest absolute Gasteiger partial charge is 0.356 e. The van der Waals surface area contributed by atoms with E-state index >= 15 is 0 Å². The van der Waals surface area contributed by atoms with Crippen LogP contribution in [0.3, 0.4) is 0 Å². The highest BCUT2D eigenvalue weighted by atomic mass is 16.4. The van der Waals surface area contributed by atoms with Crippen molar-refractivity contribution in [3.05, 3.63) is 47.8 Å². The number of aromatic carboxylic acids is 1. The Morgan fingerprint density at radius 3 is 2.82 bits per heavy atom. The summed E-state index contributed by atoms with van der Waals surface area (Å²) in [6.45, 7) is 2.92. The highest BCUT2D eigenvalue weighted by molar-refractivity contribution is 5.88. The van der Waals surface area contributed by atoms with Gasteiger partial charge < -0.3 is 15.3 Å². The molecule has 1 aliphatic rings. The van der Waals surface area contributed by atoms with E-state index in [4.69, 9.17) is 5.11 Å². The van der Waals surface area contributed by atoms with Crippen molar-refractivity contribution >= 4 is 17.8 Å². The molecule has 0 radical (unpaired) electrons. The predicted molar refractivity (Wildman–Crippen MR) is 102 cm³/mol. The second-order valence-corrected chi connectivity index (χ2v) is 6.83. The summed E-state index contributed by atoms with van der Waals surface area (Å²) in [7, 11) is 0. The van der Waals surface area contributed by atoms with Crippen molar-refractivity contribution in [3.8, 4) is 5.69 Å². The minimum atomic E-state index is -1.08. The summed E-state index contributed by atoms with van der Waals surface area (Å²) in [5.74, 6) is -1.18. The number of aromatic nitrogens is 2. The largest absolute Gasteiger partial charge is 0.476 e. The number of hydrogen-bond acceptors (Lipinski definition) is 4. The minimum absolute atomic E-state index is 0.0308. The van der Waals surface area contributed by atoms with Gasteiger partial charge in [-0.05, 0) is 43.0 Å². The molecule has 8 nitrogen and oxygen atoms in total. The summed E-state index contributed by atoms with van der Waals surface area (Å²) < 4.78 is 1.48. The number of nitrogens with one attached hydrogen (secondary N) is 1. The zero-order chi connectivity index (χ0) is 20.1. The van der Waals surface area contributed by atoms with Crippen LogP contribution in [0.2, 0.25) is 0 Å². The van der Waals surface area contributed by atoms with Crippen LogP contribution in [-0.4, -0.2) is 50.2 Å². The van der Waals surface area contributed by atoms with Crippen LogP contribution >= 0.6 is 0 Å². The molecule has 0 saturated carbocycles. The maximum atomic E-state index is 12.6. The van der Waals surface area contributed by atoms with Crippen molar-refractivity contribution in [1.29, 1.82) is 0 Å². The lowest BCUT2D eigenvalue weighted by Gasteiger charge is -2.24. The Labute approximate surface area is 163 Å². The number of carbonyl (C=O) groups is 3. The van der Waals surface area contributed by atoms with E-state index in [-0.39, 0.29) is 17.5 Å². The maximum Gasteiger partial charge on any atom is 0.356 e. The Kier molecular flexibility index (Phi) is 6.08. The normalized spacial score (nSPS) is 16.2. The van der Waals surface area contributed by atoms with E-state index in [1.54, 1.807) is 11.1 Å². The first kappa shape index (κ1) is 19.6. The molecule has 1 aromatic carbocycles. The van der Waals surface area contributed by atoms with E-state index in [1.165, 1.54) is 10.7 Å². The molecule has 1 fully saturated rings. The predicted octanol–water partition coefficient (Wildman–Crippen LogP) is 1.98. The summed E-state index contributed by atoms with van der Waals surface area (Å²) in [5, 5.41) is 15.9. The maximum absolute atomic E-state index is 12.6. The van der Waals surface area contributed by atoms with Crippen LogP contribution in [0.25, 0.3) is 5.69 Å². The zero-order valence-electron chi connectivity index (χ0n) is 15.8. The Bertz CT molecular complexity index is 877. The van der Waals surface area contributed by atoms with Crippen LogP contribution in [0, 0.1) is 0 Å². The van der Waals surface area contributed by atoms with E-state index < -0.39 is 12.0 Å². The van der Waals surface area contributed by atoms with Crippen LogP contribution in [0.5, 0.6) is 0 Å². The van der Waals surface area contributed by atoms with Crippen molar-refractivity contribution in [2.75, 3.05) is 6.54 Å². The lowest BCUT2D eigenvalue weighted by Crippen LogP contribution is -2.45. The van der Waals surface area contributed by atoms with E-state index in [9.17, 15) is 14.4 Å². The number of rotatable bonds is 7. The molecule has 1 atom stereocenters. The topological polar surface area (TPSA) is 105 Å². The molecule has 148 valence electrons. The number of amides is 2. The fraction of sp³-hybridized carbons (Fsp3) is 0.400. The van der Waals surface area contributed by atoms with Gasteiger partial charge in [0.1, 0.15) is 6.04 Å². The van der Waals surface area contributed by atoms with Gasteiger partial charge >= 0.3 is 5.97 Å². The molecule has 1 unspecified atom stereocenters. The molecule has 3 rings (SSSR count). The molecule has 8 heteroatoms. The number of hydrogen-bond donors (Lipinski definition) is 2. The van der Waals surface area contributed by atoms with Crippen molar-refractivity contribution in [1.82, 2.24) is 20.0 Å². The third-order valence-electron chi connectivity index (χ3n) is 4.79. The highest BCUT2D eigenvalue weighted by Gasteiger charge is 2.33. The van der Waals surface area contributed by atoms with Gasteiger partial charge in [0.2, 0.25) is 11.8 Å². The number of carboxylic acid groups (broad SMARTS) is 1. The van der Waals surface area contributed by atoms with E-state index in [0.29, 0.717) is 31.6 Å². The second kappa shape index (κ2) is 8.69. The lowest BCUT2D eigenvalue weighted by atomic mass is 10.1. The van der Waals surface area contributed by atoms with Gasteiger partial charge in [-0.15, -0.1) is 0 Å². The Morgan fingerprint density at radius 1 is 1.29 bits per heavy atom. The van der Waals surface area contributed by atoms with Crippen molar-refractivity contribution in [3.63, 3.8) is 0 Å². The Morgan fingerprint density at radius 2 is 2.11 bits per heavy atom. The average molecular weight is 384 g/mol. The van der Waals surface area contributed by atoms with Crippen LogP contribution < -0.4 is 5.32 Å². The van der Waals surface area contributed by atoms with E-state index in [0.717, 1.165) is 18.4 Å². The van der Waals surface area contributed by atoms with Crippen LogP contribution in [0.15, 0.2) is 36.5 Å². The summed E-state index contributed by atoms with van der Waals surface area (Å²) >= 11 is 0. The summed E-state index contributed by atoms with van der Waals surface area (Å²) in [4.78, 5) is 37.4. The lowest BCUT2D eigenvalue weighted by molar-refractivity contribution is -0.138. The summed E-state index contributed by atoms with van der Waals surface area (Å²) in [5.41, 5.74) is 1.54. The van der Waals surface area contributed by atoms with Gasteiger partial charge in [-0.3, -0.25) is 9.59 Å². The molecule has 2 heterocycles. The van der Waals surface area contributed by atoms with Crippen molar-refractivity contribution in [2.45, 2.75) is 45.2 Å². The molecule has 1 saturated heterocycles. The Hall–Kier alpha value is -3.16. The average Bonchev–Trinajstić information content (AvgIpc) is 3.36. The second-order valence-electron chi connectivity index (χ2n) is 6.83. The van der Waals surface area contributed by atoms with Crippen LogP contribution in [0.1, 0.15) is 48.7 Å². The van der Waals surface area contributed by atoms with Gasteiger partial charge in [0, 0.05) is 25.7 Å². The highest BCUT2D eigenvalue weighted by Crippen LogP contribution is 2.19. The SMILES string of the molecule is CCCC(=O)N1CCCC1C(=O)NCc1cccc(-n2ccc(C(=O)O)n2)c1. The fourth-order valence-electron chi connectivity index (χ4n) is 3.39. The fourth-order valence-corrected chi connectivity index (χ4v) is 3.39. The van der Waals surface area contributed by atoms with Crippen LogP contribution in [0.4, 0.5) is 0 Å². The third-order valence-corrected chi connectivity index (χ3v) is 4.79. The first-order chi connectivity index (χ1) is 13.5. The van der Waals surface area contributed by atoms with Gasteiger partial charge in [-0.25, -0.2) is 9.48 Å². The van der Waals surface area contributed by atoms with Gasteiger partial charge in [0.05, 0.1) is 5.69 Å². The number of nitrogens with zero attached hydrogens (tertiary/aromatic N) is 3. The number of carbonyl (C=O) groups excluding carboxylic acids is 2. The number of benzene rings is 1. The first-order valence-electron chi connectivity index (χ1n) is 9.45. The van der Waals surface area contributed by atoms with Gasteiger partial charge in [0.25, 0.3) is 0 Å². The molecular formula is C20H24N4O4. The molecule has 2 aromatic rings. The van der Waals surface area contributed by atoms with Crippen molar-refractivity contribution in [2.24, 2.45) is 0 Å².